The summed E-state index contributed by atoms with van der Waals surface area (Å²) in [4.78, 5) is 0. The average Bonchev–Trinajstić information content (AvgIpc) is 2.54. The monoisotopic (exact) mass is 324 g/mol. The predicted molar refractivity (Wildman–Crippen MR) is 88.7 cm³/mol. The van der Waals surface area contributed by atoms with Gasteiger partial charge in [-0.15, -0.1) is 0 Å². The largest absolute Gasteiger partial charge is 0.493 e. The summed E-state index contributed by atoms with van der Waals surface area (Å²) >= 11 is 6.56. The Morgan fingerprint density at radius 3 is 1.95 bits per heavy atom. The van der Waals surface area contributed by atoms with Gasteiger partial charge in [-0.3, -0.25) is 0 Å². The number of hydrogen-bond acceptors (Lipinski definition) is 3. The lowest BCUT2D eigenvalue weighted by molar-refractivity contribution is 0.324. The van der Waals surface area contributed by atoms with Gasteiger partial charge in [0.1, 0.15) is 0 Å². The van der Waals surface area contributed by atoms with Crippen molar-refractivity contribution in [1.82, 2.24) is 0 Å². The van der Waals surface area contributed by atoms with E-state index in [9.17, 15) is 0 Å². The van der Waals surface area contributed by atoms with Crippen molar-refractivity contribution >= 4 is 23.8 Å². The van der Waals surface area contributed by atoms with Crippen LogP contribution >= 0.6 is 18.5 Å². The normalized spacial score (nSPS) is 11.8. The van der Waals surface area contributed by atoms with E-state index < -0.39 is 7.27 Å². The molecule has 0 saturated heterocycles. The van der Waals surface area contributed by atoms with Gasteiger partial charge in [-0.05, 0) is 23.0 Å². The quantitative estimate of drug-likeness (QED) is 0.746. The molecule has 0 aromatic heterocycles. The number of halogens is 1. The first-order chi connectivity index (χ1) is 10.2. The molecule has 0 aliphatic carbocycles. The fourth-order valence-electron chi connectivity index (χ4n) is 2.07. The van der Waals surface area contributed by atoms with E-state index in [0.717, 1.165) is 17.0 Å². The lowest BCUT2D eigenvalue weighted by Crippen LogP contribution is -2.00. The maximum absolute atomic E-state index is 6.56. The standard InChI is InChI=1S/C16H18ClO3P/c1-18-14-9-12(10-15(19-2)16(14)20-3)11-21(17)13-7-5-4-6-8-13/h4-10H,11H2,1-3H3. The van der Waals surface area contributed by atoms with Crippen LogP contribution < -0.4 is 19.5 Å². The maximum Gasteiger partial charge on any atom is 0.203 e. The Kier molecular flexibility index (Phi) is 5.72. The molecule has 0 fully saturated rings. The van der Waals surface area contributed by atoms with Crippen LogP contribution in [0.4, 0.5) is 0 Å². The summed E-state index contributed by atoms with van der Waals surface area (Å²) < 4.78 is 16.1. The molecule has 0 saturated carbocycles. The molecular formula is C16H18ClO3P. The van der Waals surface area contributed by atoms with Crippen LogP contribution in [0, 0.1) is 0 Å². The molecule has 2 rings (SSSR count). The van der Waals surface area contributed by atoms with Gasteiger partial charge in [0.05, 0.1) is 21.3 Å². The van der Waals surface area contributed by atoms with Gasteiger partial charge in [0.2, 0.25) is 5.75 Å². The van der Waals surface area contributed by atoms with Gasteiger partial charge < -0.3 is 14.2 Å². The molecule has 0 spiro atoms. The summed E-state index contributed by atoms with van der Waals surface area (Å²) in [5.41, 5.74) is 1.06. The Morgan fingerprint density at radius 2 is 1.48 bits per heavy atom. The van der Waals surface area contributed by atoms with Crippen molar-refractivity contribution in [2.24, 2.45) is 0 Å². The Balaban J connectivity index is 2.28. The highest BCUT2D eigenvalue weighted by Crippen LogP contribution is 2.46. The van der Waals surface area contributed by atoms with Crippen molar-refractivity contribution in [2.75, 3.05) is 21.3 Å². The lowest BCUT2D eigenvalue weighted by Gasteiger charge is -2.15. The molecule has 0 aliphatic rings. The molecule has 5 heteroatoms. The third-order valence-electron chi connectivity index (χ3n) is 3.08. The van der Waals surface area contributed by atoms with Gasteiger partial charge in [0, 0.05) is 13.4 Å². The predicted octanol–water partition coefficient (Wildman–Crippen LogP) is 4.17. The van der Waals surface area contributed by atoms with Crippen LogP contribution in [-0.2, 0) is 6.16 Å². The molecule has 1 atom stereocenters. The first kappa shape index (κ1) is 15.9. The average molecular weight is 325 g/mol. The van der Waals surface area contributed by atoms with E-state index in [1.807, 2.05) is 30.3 Å². The van der Waals surface area contributed by atoms with E-state index in [2.05, 4.69) is 12.1 Å². The first-order valence-electron chi connectivity index (χ1n) is 6.46. The molecule has 0 N–H and O–H groups in total. The molecule has 0 radical (unpaired) electrons. The van der Waals surface area contributed by atoms with Crippen LogP contribution in [0.3, 0.4) is 0 Å². The van der Waals surface area contributed by atoms with Crippen LogP contribution in [-0.4, -0.2) is 21.3 Å². The van der Waals surface area contributed by atoms with E-state index in [4.69, 9.17) is 25.5 Å². The second-order valence-electron chi connectivity index (χ2n) is 4.39. The van der Waals surface area contributed by atoms with E-state index in [1.165, 1.54) is 0 Å². The third-order valence-corrected chi connectivity index (χ3v) is 5.53. The highest BCUT2D eigenvalue weighted by Gasteiger charge is 2.16. The third kappa shape index (κ3) is 3.81. The van der Waals surface area contributed by atoms with Crippen molar-refractivity contribution in [1.29, 1.82) is 0 Å². The van der Waals surface area contributed by atoms with Gasteiger partial charge in [0.15, 0.2) is 11.5 Å². The van der Waals surface area contributed by atoms with Gasteiger partial charge in [0.25, 0.3) is 0 Å². The number of hydrogen-bond donors (Lipinski definition) is 0. The molecule has 1 unspecified atom stereocenters. The van der Waals surface area contributed by atoms with Crippen LogP contribution in [0.1, 0.15) is 5.56 Å². The minimum absolute atomic E-state index is 0.599. The van der Waals surface area contributed by atoms with Crippen LogP contribution in [0.2, 0.25) is 0 Å². The molecule has 21 heavy (non-hydrogen) atoms. The van der Waals surface area contributed by atoms with Gasteiger partial charge in [-0.2, -0.15) is 0 Å². The molecule has 2 aromatic carbocycles. The molecule has 3 nitrogen and oxygen atoms in total. The number of ether oxygens (including phenoxy) is 3. The topological polar surface area (TPSA) is 27.7 Å². The fraction of sp³-hybridized carbons (Fsp3) is 0.250. The van der Waals surface area contributed by atoms with Crippen molar-refractivity contribution in [3.05, 3.63) is 48.0 Å². The fourth-order valence-corrected chi connectivity index (χ4v) is 4.00. The molecule has 0 bridgehead atoms. The second kappa shape index (κ2) is 7.53. The Morgan fingerprint density at radius 1 is 0.905 bits per heavy atom. The highest BCUT2D eigenvalue weighted by molar-refractivity contribution is 7.89. The minimum Gasteiger partial charge on any atom is -0.493 e. The lowest BCUT2D eigenvalue weighted by atomic mass is 10.2. The Bertz CT molecular complexity index is 564. The summed E-state index contributed by atoms with van der Waals surface area (Å²) in [6, 6.07) is 14.0. The van der Waals surface area contributed by atoms with Crippen LogP contribution in [0.25, 0.3) is 0 Å². The maximum atomic E-state index is 6.56. The van der Waals surface area contributed by atoms with Crippen molar-refractivity contribution in [3.8, 4) is 17.2 Å². The van der Waals surface area contributed by atoms with Gasteiger partial charge in [-0.1, -0.05) is 41.6 Å². The van der Waals surface area contributed by atoms with E-state index in [1.54, 1.807) is 21.3 Å². The first-order valence-corrected chi connectivity index (χ1v) is 8.90. The van der Waals surface area contributed by atoms with E-state index in [-0.39, 0.29) is 0 Å². The van der Waals surface area contributed by atoms with E-state index >= 15 is 0 Å². The molecular weight excluding hydrogens is 307 g/mol. The second-order valence-corrected chi connectivity index (χ2v) is 7.17. The number of benzene rings is 2. The zero-order valence-electron chi connectivity index (χ0n) is 12.3. The number of methoxy groups -OCH3 is 3. The molecule has 0 heterocycles. The summed E-state index contributed by atoms with van der Waals surface area (Å²) in [5.74, 6) is 1.90. The zero-order chi connectivity index (χ0) is 15.2. The summed E-state index contributed by atoms with van der Waals surface area (Å²) in [6.45, 7) is 0. The zero-order valence-corrected chi connectivity index (χ0v) is 13.9. The summed E-state index contributed by atoms with van der Waals surface area (Å²) in [6.07, 6.45) is 0.748. The summed E-state index contributed by atoms with van der Waals surface area (Å²) in [7, 11) is 4.04. The highest BCUT2D eigenvalue weighted by atomic mass is 35.7. The molecule has 0 aliphatic heterocycles. The SMILES string of the molecule is COc1cc(CP(Cl)c2ccccc2)cc(OC)c1OC. The Labute approximate surface area is 131 Å². The Hall–Kier alpha value is -1.44. The molecule has 0 amide bonds. The van der Waals surface area contributed by atoms with Crippen molar-refractivity contribution < 1.29 is 14.2 Å². The summed E-state index contributed by atoms with van der Waals surface area (Å²) in [5, 5.41) is 1.16. The molecule has 2 aromatic rings. The smallest absolute Gasteiger partial charge is 0.203 e. The van der Waals surface area contributed by atoms with Gasteiger partial charge in [-0.25, -0.2) is 0 Å². The van der Waals surface area contributed by atoms with Crippen molar-refractivity contribution in [3.63, 3.8) is 0 Å². The van der Waals surface area contributed by atoms with Crippen LogP contribution in [0.5, 0.6) is 17.2 Å². The van der Waals surface area contributed by atoms with E-state index in [0.29, 0.717) is 17.2 Å². The van der Waals surface area contributed by atoms with Crippen LogP contribution in [0.15, 0.2) is 42.5 Å². The van der Waals surface area contributed by atoms with Crippen molar-refractivity contribution in [2.45, 2.75) is 6.16 Å². The minimum atomic E-state index is -0.780. The number of rotatable bonds is 6. The van der Waals surface area contributed by atoms with Gasteiger partial charge >= 0.3 is 0 Å². The molecule has 112 valence electrons.